The lowest BCUT2D eigenvalue weighted by atomic mass is 9.72. The highest BCUT2D eigenvalue weighted by molar-refractivity contribution is 5.94. The Morgan fingerprint density at radius 1 is 0.815 bits per heavy atom. The third kappa shape index (κ3) is 7.81. The number of nitrogens with one attached hydrogen (secondary N) is 1. The van der Waals surface area contributed by atoms with Gasteiger partial charge in [0.15, 0.2) is 0 Å². The largest absolute Gasteiger partial charge is 0.334 e. The zero-order chi connectivity index (χ0) is 37.7. The van der Waals surface area contributed by atoms with Crippen molar-refractivity contribution in [1.29, 1.82) is 0 Å². The van der Waals surface area contributed by atoms with Crippen LogP contribution in [0.4, 0.5) is 0 Å². The number of nitrogens with zero attached hydrogens (tertiary/aromatic N) is 4. The molecule has 2 aliphatic rings. The topological polar surface area (TPSA) is 62.6 Å². The highest BCUT2D eigenvalue weighted by atomic mass is 16.7. The second-order valence-corrected chi connectivity index (χ2v) is 16.4. The standard InChI is InChI=1S/C47H57N5O2/c1-46(2,3)38-27-25-35(26-28-38)45(53)52-32-37-18-16-15-17-36(37)29-43(52)31-48-44(50(4)54-5)30-42-33-51(34-49-42)47(39-19-9-6-10-20-39,40-21-11-7-12-22-40)41-23-13-8-14-24-41/h6-14,19-28,33-34,36-37,43-44,48H,15-18,29-32H2,1-5H3/t36-,37-,43+,44-/m1/s1. The van der Waals surface area contributed by atoms with E-state index in [4.69, 9.17) is 9.82 Å². The number of carbonyl (C=O) groups excluding carboxylic acids is 1. The fraction of sp³-hybridized carbons (Fsp3) is 0.404. The SMILES string of the molecule is CON(C)[C@H](Cc1cn(C(c2ccccc2)(c2ccccc2)c2ccccc2)cn1)NC[C@@H]1C[C@H]2CCCC[C@@H]2CN1C(=O)c1ccc(C(C)(C)C)cc1. The predicted molar refractivity (Wildman–Crippen MR) is 217 cm³/mol. The van der Waals surface area contributed by atoms with Gasteiger partial charge in [-0.05, 0) is 64.5 Å². The van der Waals surface area contributed by atoms with Gasteiger partial charge in [0.1, 0.15) is 5.54 Å². The smallest absolute Gasteiger partial charge is 0.254 e. The minimum Gasteiger partial charge on any atom is -0.334 e. The molecule has 1 aliphatic heterocycles. The number of carbonyl (C=O) groups is 1. The molecule has 1 aromatic heterocycles. The quantitative estimate of drug-likeness (QED) is 0.0793. The summed E-state index contributed by atoms with van der Waals surface area (Å²) in [5, 5.41) is 5.73. The number of piperidine rings is 1. The Morgan fingerprint density at radius 2 is 1.37 bits per heavy atom. The zero-order valence-electron chi connectivity index (χ0n) is 32.7. The number of benzene rings is 4. The summed E-state index contributed by atoms with van der Waals surface area (Å²) < 4.78 is 2.27. The van der Waals surface area contributed by atoms with Gasteiger partial charge in [0.05, 0.1) is 25.3 Å². The maximum Gasteiger partial charge on any atom is 0.254 e. The Hall–Kier alpha value is -4.56. The minimum atomic E-state index is -0.629. The van der Waals surface area contributed by atoms with Crippen molar-refractivity contribution >= 4 is 5.91 Å². The Kier molecular flexibility index (Phi) is 11.5. The van der Waals surface area contributed by atoms with E-state index in [1.165, 1.54) is 31.2 Å². The van der Waals surface area contributed by atoms with Crippen molar-refractivity contribution < 1.29 is 9.63 Å². The van der Waals surface area contributed by atoms with Crippen LogP contribution in [-0.4, -0.2) is 64.9 Å². The van der Waals surface area contributed by atoms with Crippen molar-refractivity contribution in [3.63, 3.8) is 0 Å². The van der Waals surface area contributed by atoms with Gasteiger partial charge in [-0.15, -0.1) is 0 Å². The van der Waals surface area contributed by atoms with Crippen molar-refractivity contribution in [2.75, 3.05) is 27.2 Å². The Bertz CT molecular complexity index is 1840. The van der Waals surface area contributed by atoms with Gasteiger partial charge in [0, 0.05) is 44.4 Å². The number of amides is 1. The first-order valence-electron chi connectivity index (χ1n) is 19.8. The van der Waals surface area contributed by atoms with E-state index in [0.29, 0.717) is 24.8 Å². The van der Waals surface area contributed by atoms with E-state index in [-0.39, 0.29) is 23.5 Å². The summed E-state index contributed by atoms with van der Waals surface area (Å²) in [4.78, 5) is 27.3. The fourth-order valence-corrected chi connectivity index (χ4v) is 9.00. The molecule has 0 unspecified atom stereocenters. The average molecular weight is 724 g/mol. The second-order valence-electron chi connectivity index (χ2n) is 16.4. The molecule has 5 aromatic rings. The fourth-order valence-electron chi connectivity index (χ4n) is 9.00. The summed E-state index contributed by atoms with van der Waals surface area (Å²) in [7, 11) is 3.68. The van der Waals surface area contributed by atoms with Crippen LogP contribution in [0.25, 0.3) is 0 Å². The lowest BCUT2D eigenvalue weighted by Crippen LogP contribution is -2.56. The molecule has 0 radical (unpaired) electrons. The molecule has 1 amide bonds. The van der Waals surface area contributed by atoms with Gasteiger partial charge >= 0.3 is 0 Å². The monoisotopic (exact) mass is 723 g/mol. The molecule has 7 rings (SSSR count). The van der Waals surface area contributed by atoms with Crippen LogP contribution in [0.15, 0.2) is 128 Å². The lowest BCUT2D eigenvalue weighted by Gasteiger charge is -2.47. The summed E-state index contributed by atoms with van der Waals surface area (Å²) in [5.74, 6) is 1.38. The first-order chi connectivity index (χ1) is 26.2. The summed E-state index contributed by atoms with van der Waals surface area (Å²) in [6.07, 6.45) is 10.7. The number of likely N-dealkylation sites (N-methyl/N-ethyl adjacent to an activating group) is 1. The number of likely N-dealkylation sites (tertiary alicyclic amines) is 1. The maximum atomic E-state index is 14.3. The average Bonchev–Trinajstić information content (AvgIpc) is 3.68. The molecule has 4 atom stereocenters. The molecule has 7 heteroatoms. The van der Waals surface area contributed by atoms with Crippen LogP contribution in [0.5, 0.6) is 0 Å². The Morgan fingerprint density at radius 3 is 1.91 bits per heavy atom. The molecule has 7 nitrogen and oxygen atoms in total. The molecule has 1 saturated carbocycles. The van der Waals surface area contributed by atoms with Crippen molar-refractivity contribution in [1.82, 2.24) is 24.8 Å². The van der Waals surface area contributed by atoms with Crippen LogP contribution in [-0.2, 0) is 22.2 Å². The van der Waals surface area contributed by atoms with Gasteiger partial charge in [-0.1, -0.05) is 143 Å². The Balaban J connectivity index is 1.16. The Labute approximate surface area is 322 Å². The van der Waals surface area contributed by atoms with E-state index in [1.807, 2.05) is 30.6 Å². The number of fused-ring (bicyclic) bond motifs is 1. The van der Waals surface area contributed by atoms with Crippen molar-refractivity contribution in [3.05, 3.63) is 161 Å². The highest BCUT2D eigenvalue weighted by Gasteiger charge is 2.40. The van der Waals surface area contributed by atoms with E-state index in [1.54, 1.807) is 7.11 Å². The van der Waals surface area contributed by atoms with Crippen LogP contribution < -0.4 is 5.32 Å². The third-order valence-electron chi connectivity index (χ3n) is 12.1. The van der Waals surface area contributed by atoms with Gasteiger partial charge in [-0.2, -0.15) is 5.06 Å². The summed E-state index contributed by atoms with van der Waals surface area (Å²) in [6.45, 7) is 8.14. The number of imidazole rings is 1. The normalized spacial score (nSPS) is 19.7. The van der Waals surface area contributed by atoms with Crippen LogP contribution in [0.2, 0.25) is 0 Å². The lowest BCUT2D eigenvalue weighted by molar-refractivity contribution is -0.149. The first-order valence-corrected chi connectivity index (χ1v) is 19.8. The first kappa shape index (κ1) is 37.7. The van der Waals surface area contributed by atoms with E-state index in [2.05, 4.69) is 145 Å². The predicted octanol–water partition coefficient (Wildman–Crippen LogP) is 8.69. The molecule has 282 valence electrons. The molecule has 0 spiro atoms. The molecule has 1 N–H and O–H groups in total. The van der Waals surface area contributed by atoms with E-state index in [9.17, 15) is 4.79 Å². The molecule has 2 fully saturated rings. The van der Waals surface area contributed by atoms with Gasteiger partial charge in [0.25, 0.3) is 5.91 Å². The molecular formula is C47H57N5O2. The summed E-state index contributed by atoms with van der Waals surface area (Å²) in [5.41, 5.74) is 5.85. The molecule has 1 aliphatic carbocycles. The van der Waals surface area contributed by atoms with Crippen molar-refractivity contribution in [2.24, 2.45) is 11.8 Å². The molecule has 1 saturated heterocycles. The van der Waals surface area contributed by atoms with Gasteiger partial charge < -0.3 is 14.3 Å². The molecular weight excluding hydrogens is 667 g/mol. The second kappa shape index (κ2) is 16.4. The third-order valence-corrected chi connectivity index (χ3v) is 12.1. The van der Waals surface area contributed by atoms with Gasteiger partial charge in [-0.3, -0.25) is 10.1 Å². The van der Waals surface area contributed by atoms with E-state index < -0.39 is 5.54 Å². The van der Waals surface area contributed by atoms with Crippen LogP contribution >= 0.6 is 0 Å². The summed E-state index contributed by atoms with van der Waals surface area (Å²) in [6, 6.07) is 40.5. The van der Waals surface area contributed by atoms with Gasteiger partial charge in [0.2, 0.25) is 0 Å². The number of hydrogen-bond acceptors (Lipinski definition) is 5. The van der Waals surface area contributed by atoms with Crippen molar-refractivity contribution in [2.45, 2.75) is 82.5 Å². The van der Waals surface area contributed by atoms with Gasteiger partial charge in [-0.25, -0.2) is 4.98 Å². The number of rotatable bonds is 12. The maximum absolute atomic E-state index is 14.3. The van der Waals surface area contributed by atoms with Crippen LogP contribution in [0, 0.1) is 11.8 Å². The number of hydroxylamine groups is 2. The zero-order valence-corrected chi connectivity index (χ0v) is 32.7. The minimum absolute atomic E-state index is 0.0405. The van der Waals surface area contributed by atoms with E-state index >= 15 is 0 Å². The highest BCUT2D eigenvalue weighted by Crippen LogP contribution is 2.41. The molecule has 54 heavy (non-hydrogen) atoms. The molecule has 2 heterocycles. The van der Waals surface area contributed by atoms with E-state index in [0.717, 1.165) is 40.9 Å². The van der Waals surface area contributed by atoms with Crippen LogP contribution in [0.1, 0.15) is 91.2 Å². The van der Waals surface area contributed by atoms with Crippen molar-refractivity contribution in [3.8, 4) is 0 Å². The van der Waals surface area contributed by atoms with Crippen LogP contribution in [0.3, 0.4) is 0 Å². The summed E-state index contributed by atoms with van der Waals surface area (Å²) >= 11 is 0. The number of aromatic nitrogens is 2. The molecule has 0 bridgehead atoms. The number of hydrogen-bond donors (Lipinski definition) is 1. The molecule has 4 aromatic carbocycles.